The standard InChI is InChI=1S/C13H17N3O2/c1-10(15)11-4-2-5-12(8-11)18-9-13(17)16-7-3-6-14/h2,4-5,8,10H,3,7,9,15H2,1H3,(H,16,17). The summed E-state index contributed by atoms with van der Waals surface area (Å²) in [6.45, 7) is 2.17. The normalized spacial score (nSPS) is 11.4. The van der Waals surface area contributed by atoms with Gasteiger partial charge in [0, 0.05) is 12.6 Å². The van der Waals surface area contributed by atoms with Crippen molar-refractivity contribution < 1.29 is 9.53 Å². The summed E-state index contributed by atoms with van der Waals surface area (Å²) < 4.78 is 5.34. The molecule has 5 nitrogen and oxygen atoms in total. The summed E-state index contributed by atoms with van der Waals surface area (Å²) >= 11 is 0. The van der Waals surface area contributed by atoms with Crippen molar-refractivity contribution in [2.45, 2.75) is 19.4 Å². The first-order valence-electron chi connectivity index (χ1n) is 5.75. The van der Waals surface area contributed by atoms with Crippen LogP contribution in [-0.2, 0) is 4.79 Å². The molecule has 0 heterocycles. The highest BCUT2D eigenvalue weighted by atomic mass is 16.5. The van der Waals surface area contributed by atoms with Gasteiger partial charge in [0.15, 0.2) is 6.61 Å². The molecule has 18 heavy (non-hydrogen) atoms. The van der Waals surface area contributed by atoms with Gasteiger partial charge in [0.1, 0.15) is 5.75 Å². The van der Waals surface area contributed by atoms with E-state index in [1.54, 1.807) is 6.07 Å². The second-order valence-electron chi connectivity index (χ2n) is 3.91. The summed E-state index contributed by atoms with van der Waals surface area (Å²) in [4.78, 5) is 11.3. The molecule has 0 aliphatic rings. The van der Waals surface area contributed by atoms with Crippen LogP contribution >= 0.6 is 0 Å². The Morgan fingerprint density at radius 2 is 2.39 bits per heavy atom. The van der Waals surface area contributed by atoms with Gasteiger partial charge in [-0.25, -0.2) is 0 Å². The van der Waals surface area contributed by atoms with Crippen LogP contribution in [0.1, 0.15) is 24.9 Å². The lowest BCUT2D eigenvalue weighted by atomic mass is 10.1. The molecule has 5 heteroatoms. The predicted molar refractivity (Wildman–Crippen MR) is 67.8 cm³/mol. The van der Waals surface area contributed by atoms with E-state index in [0.717, 1.165) is 5.56 Å². The summed E-state index contributed by atoms with van der Waals surface area (Å²) in [5.74, 6) is 0.372. The van der Waals surface area contributed by atoms with E-state index < -0.39 is 0 Å². The molecular formula is C13H17N3O2. The Hall–Kier alpha value is -2.06. The van der Waals surface area contributed by atoms with Crippen LogP contribution in [0.2, 0.25) is 0 Å². The zero-order chi connectivity index (χ0) is 13.4. The highest BCUT2D eigenvalue weighted by Crippen LogP contribution is 2.17. The van der Waals surface area contributed by atoms with Crippen molar-refractivity contribution in [1.29, 1.82) is 5.26 Å². The first kappa shape index (κ1) is 14.0. The Balaban J connectivity index is 2.41. The molecule has 1 aromatic rings. The fourth-order valence-electron chi connectivity index (χ4n) is 1.35. The molecule has 0 fully saturated rings. The summed E-state index contributed by atoms with van der Waals surface area (Å²) in [6.07, 6.45) is 0.298. The van der Waals surface area contributed by atoms with Crippen molar-refractivity contribution in [3.8, 4) is 11.8 Å². The van der Waals surface area contributed by atoms with Gasteiger partial charge in [0.2, 0.25) is 0 Å². The Bertz CT molecular complexity index is 438. The Morgan fingerprint density at radius 3 is 3.06 bits per heavy atom. The van der Waals surface area contributed by atoms with Gasteiger partial charge in [0.25, 0.3) is 5.91 Å². The first-order valence-corrected chi connectivity index (χ1v) is 5.75. The average molecular weight is 247 g/mol. The second-order valence-corrected chi connectivity index (χ2v) is 3.91. The van der Waals surface area contributed by atoms with Crippen LogP contribution in [0.5, 0.6) is 5.75 Å². The largest absolute Gasteiger partial charge is 0.484 e. The van der Waals surface area contributed by atoms with Crippen LogP contribution in [0.25, 0.3) is 0 Å². The third-order valence-electron chi connectivity index (χ3n) is 2.31. The minimum Gasteiger partial charge on any atom is -0.484 e. The predicted octanol–water partition coefficient (Wildman–Crippen LogP) is 1.11. The van der Waals surface area contributed by atoms with Crippen LogP contribution in [0.4, 0.5) is 0 Å². The topological polar surface area (TPSA) is 88.1 Å². The molecule has 0 radical (unpaired) electrons. The number of carbonyl (C=O) groups excluding carboxylic acids is 1. The molecule has 1 amide bonds. The summed E-state index contributed by atoms with van der Waals surface area (Å²) in [5, 5.41) is 10.9. The van der Waals surface area contributed by atoms with Crippen molar-refractivity contribution in [1.82, 2.24) is 5.32 Å². The maximum Gasteiger partial charge on any atom is 0.257 e. The van der Waals surface area contributed by atoms with Crippen LogP contribution in [0, 0.1) is 11.3 Å². The third-order valence-corrected chi connectivity index (χ3v) is 2.31. The number of amides is 1. The van der Waals surface area contributed by atoms with E-state index in [-0.39, 0.29) is 18.6 Å². The Kier molecular flexibility index (Phi) is 5.68. The minimum absolute atomic E-state index is 0.0617. The van der Waals surface area contributed by atoms with E-state index >= 15 is 0 Å². The van der Waals surface area contributed by atoms with Gasteiger partial charge in [-0.1, -0.05) is 12.1 Å². The SMILES string of the molecule is CC(N)c1cccc(OCC(=O)NCCC#N)c1. The van der Waals surface area contributed by atoms with Crippen LogP contribution in [0.15, 0.2) is 24.3 Å². The molecule has 0 bridgehead atoms. The maximum atomic E-state index is 11.3. The molecule has 0 aliphatic carbocycles. The summed E-state index contributed by atoms with van der Waals surface area (Å²) in [6, 6.07) is 9.20. The second kappa shape index (κ2) is 7.30. The molecule has 1 atom stereocenters. The number of benzene rings is 1. The quantitative estimate of drug-likeness (QED) is 0.737. The van der Waals surface area contributed by atoms with Gasteiger partial charge >= 0.3 is 0 Å². The van der Waals surface area contributed by atoms with E-state index in [0.29, 0.717) is 18.7 Å². The number of nitrogens with zero attached hydrogens (tertiary/aromatic N) is 1. The Morgan fingerprint density at radius 1 is 1.61 bits per heavy atom. The van der Waals surface area contributed by atoms with Gasteiger partial charge in [-0.05, 0) is 24.6 Å². The smallest absolute Gasteiger partial charge is 0.257 e. The lowest BCUT2D eigenvalue weighted by Gasteiger charge is -2.09. The molecule has 0 aliphatic heterocycles. The van der Waals surface area contributed by atoms with Crippen molar-refractivity contribution >= 4 is 5.91 Å². The third kappa shape index (κ3) is 4.85. The monoisotopic (exact) mass is 247 g/mol. The van der Waals surface area contributed by atoms with Crippen molar-refractivity contribution in [2.75, 3.05) is 13.2 Å². The molecule has 3 N–H and O–H groups in total. The molecular weight excluding hydrogens is 230 g/mol. The number of hydrogen-bond acceptors (Lipinski definition) is 4. The number of carbonyl (C=O) groups is 1. The lowest BCUT2D eigenvalue weighted by molar-refractivity contribution is -0.123. The molecule has 0 saturated heterocycles. The Labute approximate surface area is 107 Å². The first-order chi connectivity index (χ1) is 8.63. The number of nitriles is 1. The molecule has 1 unspecified atom stereocenters. The van der Waals surface area contributed by atoms with Crippen molar-refractivity contribution in [3.63, 3.8) is 0 Å². The van der Waals surface area contributed by atoms with E-state index in [9.17, 15) is 4.79 Å². The van der Waals surface area contributed by atoms with Crippen LogP contribution in [-0.4, -0.2) is 19.1 Å². The van der Waals surface area contributed by atoms with Crippen LogP contribution < -0.4 is 15.8 Å². The number of ether oxygens (including phenoxy) is 1. The highest BCUT2D eigenvalue weighted by molar-refractivity contribution is 5.77. The van der Waals surface area contributed by atoms with E-state index in [1.807, 2.05) is 31.2 Å². The molecule has 1 aromatic carbocycles. The number of nitrogens with one attached hydrogen (secondary N) is 1. The average Bonchev–Trinajstić information content (AvgIpc) is 2.37. The maximum absolute atomic E-state index is 11.3. The fourth-order valence-corrected chi connectivity index (χ4v) is 1.35. The van der Waals surface area contributed by atoms with Gasteiger partial charge in [-0.15, -0.1) is 0 Å². The molecule has 96 valence electrons. The molecule has 0 saturated carbocycles. The van der Waals surface area contributed by atoms with E-state index in [1.165, 1.54) is 0 Å². The fraction of sp³-hybridized carbons (Fsp3) is 0.385. The minimum atomic E-state index is -0.239. The van der Waals surface area contributed by atoms with Gasteiger partial charge in [-0.3, -0.25) is 4.79 Å². The van der Waals surface area contributed by atoms with Crippen molar-refractivity contribution in [3.05, 3.63) is 29.8 Å². The number of hydrogen-bond donors (Lipinski definition) is 2. The number of rotatable bonds is 6. The molecule has 0 spiro atoms. The zero-order valence-electron chi connectivity index (χ0n) is 10.3. The molecule has 1 rings (SSSR count). The van der Waals surface area contributed by atoms with Crippen LogP contribution in [0.3, 0.4) is 0 Å². The summed E-state index contributed by atoms with van der Waals surface area (Å²) in [7, 11) is 0. The highest BCUT2D eigenvalue weighted by Gasteiger charge is 2.04. The van der Waals surface area contributed by atoms with Gasteiger partial charge in [-0.2, -0.15) is 5.26 Å². The number of nitrogens with two attached hydrogens (primary N) is 1. The zero-order valence-corrected chi connectivity index (χ0v) is 10.3. The van der Waals surface area contributed by atoms with E-state index in [4.69, 9.17) is 15.7 Å². The van der Waals surface area contributed by atoms with E-state index in [2.05, 4.69) is 5.32 Å². The summed E-state index contributed by atoms with van der Waals surface area (Å²) in [5.41, 5.74) is 6.71. The molecule has 0 aromatic heterocycles. The lowest BCUT2D eigenvalue weighted by Crippen LogP contribution is -2.29. The van der Waals surface area contributed by atoms with Crippen molar-refractivity contribution in [2.24, 2.45) is 5.73 Å². The van der Waals surface area contributed by atoms with Gasteiger partial charge in [0.05, 0.1) is 12.5 Å². The van der Waals surface area contributed by atoms with Gasteiger partial charge < -0.3 is 15.8 Å².